The molecule has 4 heteroatoms. The number of fused-ring (bicyclic) bond motifs is 1. The first kappa shape index (κ1) is 15.7. The van der Waals surface area contributed by atoms with Gasteiger partial charge in [0.05, 0.1) is 5.92 Å². The van der Waals surface area contributed by atoms with E-state index >= 15 is 0 Å². The van der Waals surface area contributed by atoms with E-state index in [-0.39, 0.29) is 17.7 Å². The van der Waals surface area contributed by atoms with Crippen LogP contribution in [-0.4, -0.2) is 29.8 Å². The van der Waals surface area contributed by atoms with Crippen molar-refractivity contribution in [3.05, 3.63) is 29.8 Å². The van der Waals surface area contributed by atoms with Crippen LogP contribution in [0.25, 0.3) is 0 Å². The summed E-state index contributed by atoms with van der Waals surface area (Å²) >= 11 is 0. The van der Waals surface area contributed by atoms with Crippen LogP contribution >= 0.6 is 0 Å². The van der Waals surface area contributed by atoms with Gasteiger partial charge in [0.2, 0.25) is 11.8 Å². The summed E-state index contributed by atoms with van der Waals surface area (Å²) in [6.07, 6.45) is 7.68. The second kappa shape index (κ2) is 6.58. The molecule has 1 aliphatic carbocycles. The maximum atomic E-state index is 12.7. The fourth-order valence-electron chi connectivity index (χ4n) is 4.76. The Morgan fingerprint density at radius 3 is 2.46 bits per heavy atom. The van der Waals surface area contributed by atoms with Crippen molar-refractivity contribution in [2.45, 2.75) is 50.9 Å². The molecule has 1 atom stereocenters. The molecule has 1 saturated heterocycles. The average molecular weight is 326 g/mol. The number of para-hydroxylation sites is 1. The zero-order valence-corrected chi connectivity index (χ0v) is 14.2. The molecule has 1 aromatic rings. The Labute approximate surface area is 143 Å². The van der Waals surface area contributed by atoms with E-state index < -0.39 is 0 Å². The van der Waals surface area contributed by atoms with E-state index in [0.29, 0.717) is 11.8 Å². The van der Waals surface area contributed by atoms with Gasteiger partial charge in [-0.2, -0.15) is 0 Å². The van der Waals surface area contributed by atoms with Gasteiger partial charge in [0, 0.05) is 24.7 Å². The summed E-state index contributed by atoms with van der Waals surface area (Å²) in [4.78, 5) is 27.2. The smallest absolute Gasteiger partial charge is 0.232 e. The number of carbonyl (C=O) groups is 2. The number of piperidine rings is 1. The molecule has 128 valence electrons. The zero-order chi connectivity index (χ0) is 16.5. The summed E-state index contributed by atoms with van der Waals surface area (Å²) in [6.45, 7) is 1.62. The second-order valence-corrected chi connectivity index (χ2v) is 7.55. The van der Waals surface area contributed by atoms with Gasteiger partial charge in [-0.3, -0.25) is 9.59 Å². The Kier molecular flexibility index (Phi) is 4.30. The number of benzene rings is 1. The van der Waals surface area contributed by atoms with E-state index in [1.807, 2.05) is 18.2 Å². The van der Waals surface area contributed by atoms with Gasteiger partial charge in [-0.05, 0) is 43.2 Å². The van der Waals surface area contributed by atoms with Crippen molar-refractivity contribution in [2.24, 2.45) is 11.8 Å². The number of rotatable bonds is 2. The molecule has 24 heavy (non-hydrogen) atoms. The molecule has 3 aliphatic rings. The van der Waals surface area contributed by atoms with Gasteiger partial charge in [0.25, 0.3) is 0 Å². The fourth-order valence-corrected chi connectivity index (χ4v) is 4.76. The van der Waals surface area contributed by atoms with Crippen LogP contribution in [0.1, 0.15) is 56.4 Å². The normalized spacial score (nSPS) is 25.4. The van der Waals surface area contributed by atoms with Crippen LogP contribution in [0, 0.1) is 11.8 Å². The third-order valence-electron chi connectivity index (χ3n) is 6.11. The summed E-state index contributed by atoms with van der Waals surface area (Å²) in [5, 5.41) is 3.01. The predicted octanol–water partition coefficient (Wildman–Crippen LogP) is 3.54. The molecule has 2 heterocycles. The minimum atomic E-state index is -0.0341. The quantitative estimate of drug-likeness (QED) is 0.903. The highest BCUT2D eigenvalue weighted by Gasteiger charge is 2.39. The lowest BCUT2D eigenvalue weighted by atomic mass is 9.80. The van der Waals surface area contributed by atoms with Crippen LogP contribution in [0.2, 0.25) is 0 Å². The van der Waals surface area contributed by atoms with Crippen molar-refractivity contribution in [3.8, 4) is 0 Å². The van der Waals surface area contributed by atoms with Gasteiger partial charge in [0.1, 0.15) is 0 Å². The van der Waals surface area contributed by atoms with Gasteiger partial charge in [-0.25, -0.2) is 0 Å². The monoisotopic (exact) mass is 326 g/mol. The first-order valence-corrected chi connectivity index (χ1v) is 9.42. The van der Waals surface area contributed by atoms with Crippen molar-refractivity contribution >= 4 is 17.5 Å². The molecule has 1 N–H and O–H groups in total. The molecule has 4 rings (SSSR count). The zero-order valence-electron chi connectivity index (χ0n) is 14.2. The molecule has 2 fully saturated rings. The number of amides is 2. The predicted molar refractivity (Wildman–Crippen MR) is 93.7 cm³/mol. The molecule has 2 aliphatic heterocycles. The van der Waals surface area contributed by atoms with Crippen LogP contribution < -0.4 is 5.32 Å². The molecule has 1 unspecified atom stereocenters. The average Bonchev–Trinajstić information content (AvgIpc) is 2.98. The lowest BCUT2D eigenvalue weighted by molar-refractivity contribution is -0.138. The fraction of sp³-hybridized carbons (Fsp3) is 0.600. The SMILES string of the molecule is O=C1Nc2ccccc2C1C1CCN(C(=O)C2CCCCC2)CC1. The van der Waals surface area contributed by atoms with Crippen LogP contribution in [0.4, 0.5) is 5.69 Å². The molecule has 0 aromatic heterocycles. The minimum absolute atomic E-state index is 0.0341. The highest BCUT2D eigenvalue weighted by atomic mass is 16.2. The molecule has 1 aromatic carbocycles. The summed E-state index contributed by atoms with van der Waals surface area (Å²) in [6, 6.07) is 8.02. The van der Waals surface area contributed by atoms with Crippen LogP contribution in [0.5, 0.6) is 0 Å². The molecule has 0 bridgehead atoms. The summed E-state index contributed by atoms with van der Waals surface area (Å²) in [5.41, 5.74) is 2.10. The molecule has 0 spiro atoms. The topological polar surface area (TPSA) is 49.4 Å². The van der Waals surface area contributed by atoms with Gasteiger partial charge >= 0.3 is 0 Å². The van der Waals surface area contributed by atoms with E-state index in [1.54, 1.807) is 0 Å². The molecule has 1 saturated carbocycles. The minimum Gasteiger partial charge on any atom is -0.342 e. The van der Waals surface area contributed by atoms with Crippen molar-refractivity contribution < 1.29 is 9.59 Å². The van der Waals surface area contributed by atoms with Crippen molar-refractivity contribution in [3.63, 3.8) is 0 Å². The summed E-state index contributed by atoms with van der Waals surface area (Å²) in [7, 11) is 0. The van der Waals surface area contributed by atoms with Gasteiger partial charge < -0.3 is 10.2 Å². The Morgan fingerprint density at radius 2 is 1.71 bits per heavy atom. The van der Waals surface area contributed by atoms with Crippen molar-refractivity contribution in [1.29, 1.82) is 0 Å². The molecule has 4 nitrogen and oxygen atoms in total. The third-order valence-corrected chi connectivity index (χ3v) is 6.11. The molecular formula is C20H26N2O2. The second-order valence-electron chi connectivity index (χ2n) is 7.55. The lowest BCUT2D eigenvalue weighted by Crippen LogP contribution is -2.43. The van der Waals surface area contributed by atoms with E-state index in [1.165, 1.54) is 19.3 Å². The maximum absolute atomic E-state index is 12.7. The molecule has 0 radical (unpaired) electrons. The maximum Gasteiger partial charge on any atom is 0.232 e. The third kappa shape index (κ3) is 2.83. The van der Waals surface area contributed by atoms with Crippen molar-refractivity contribution in [2.75, 3.05) is 18.4 Å². The summed E-state index contributed by atoms with van der Waals surface area (Å²) in [5.74, 6) is 1.07. The Bertz CT molecular complexity index is 628. The van der Waals surface area contributed by atoms with Crippen LogP contribution in [0.3, 0.4) is 0 Å². The number of anilines is 1. The highest BCUT2D eigenvalue weighted by Crippen LogP contribution is 2.41. The standard InChI is InChI=1S/C20H26N2O2/c23-19-18(16-8-4-5-9-17(16)21-19)14-10-12-22(13-11-14)20(24)15-6-2-1-3-7-15/h4-5,8-9,14-15,18H,1-3,6-7,10-13H2,(H,21,23). The largest absolute Gasteiger partial charge is 0.342 e. The van der Waals surface area contributed by atoms with Gasteiger partial charge in [-0.15, -0.1) is 0 Å². The number of carbonyl (C=O) groups excluding carboxylic acids is 2. The first-order valence-electron chi connectivity index (χ1n) is 9.42. The van der Waals surface area contributed by atoms with Crippen molar-refractivity contribution in [1.82, 2.24) is 4.90 Å². The molecular weight excluding hydrogens is 300 g/mol. The van der Waals surface area contributed by atoms with Gasteiger partial charge in [0.15, 0.2) is 0 Å². The summed E-state index contributed by atoms with van der Waals surface area (Å²) < 4.78 is 0. The number of hydrogen-bond acceptors (Lipinski definition) is 2. The molecule has 2 amide bonds. The Hall–Kier alpha value is -1.84. The lowest BCUT2D eigenvalue weighted by Gasteiger charge is -2.36. The number of likely N-dealkylation sites (tertiary alicyclic amines) is 1. The number of nitrogens with zero attached hydrogens (tertiary/aromatic N) is 1. The first-order chi connectivity index (χ1) is 11.7. The van der Waals surface area contributed by atoms with Crippen LogP contribution in [0.15, 0.2) is 24.3 Å². The van der Waals surface area contributed by atoms with E-state index in [9.17, 15) is 9.59 Å². The van der Waals surface area contributed by atoms with E-state index in [0.717, 1.165) is 50.0 Å². The highest BCUT2D eigenvalue weighted by molar-refractivity contribution is 6.03. The number of nitrogens with one attached hydrogen (secondary N) is 1. The van der Waals surface area contributed by atoms with E-state index in [4.69, 9.17) is 0 Å². The van der Waals surface area contributed by atoms with Gasteiger partial charge in [-0.1, -0.05) is 37.5 Å². The number of hydrogen-bond donors (Lipinski definition) is 1. The van der Waals surface area contributed by atoms with Crippen LogP contribution in [-0.2, 0) is 9.59 Å². The Morgan fingerprint density at radius 1 is 1.00 bits per heavy atom. The van der Waals surface area contributed by atoms with E-state index in [2.05, 4.69) is 16.3 Å². The Balaban J connectivity index is 1.39.